The highest BCUT2D eigenvalue weighted by Gasteiger charge is 2.35. The molecule has 0 bridgehead atoms. The number of nitrogens with zero attached hydrogens (tertiary/aromatic N) is 1. The van der Waals surface area contributed by atoms with Crippen LogP contribution in [-0.4, -0.2) is 18.2 Å². The molecular weight excluding hydrogens is 291 g/mol. The van der Waals surface area contributed by atoms with Gasteiger partial charge in [0.05, 0.1) is 5.56 Å². The van der Waals surface area contributed by atoms with Gasteiger partial charge in [-0.25, -0.2) is 0 Å². The van der Waals surface area contributed by atoms with Crippen molar-refractivity contribution in [3.63, 3.8) is 0 Å². The molecule has 0 aromatic heterocycles. The van der Waals surface area contributed by atoms with Crippen molar-refractivity contribution in [3.8, 4) is 5.75 Å². The van der Waals surface area contributed by atoms with E-state index >= 15 is 0 Å². The second-order valence-electron chi connectivity index (χ2n) is 5.46. The fourth-order valence-electron chi connectivity index (χ4n) is 2.89. The third kappa shape index (κ3) is 2.89. The van der Waals surface area contributed by atoms with Crippen molar-refractivity contribution in [2.45, 2.75) is 19.0 Å². The van der Waals surface area contributed by atoms with Crippen LogP contribution < -0.4 is 4.90 Å². The fourth-order valence-corrected chi connectivity index (χ4v) is 2.89. The fraction of sp³-hybridized carbons (Fsp3) is 0.294. The minimum atomic E-state index is -4.52. The Hall–Kier alpha value is -2.17. The van der Waals surface area contributed by atoms with Gasteiger partial charge in [-0.2, -0.15) is 13.2 Å². The molecule has 0 radical (unpaired) electrons. The Morgan fingerprint density at radius 3 is 2.09 bits per heavy atom. The first kappa shape index (κ1) is 14.8. The minimum Gasteiger partial charge on any atom is -0.507 e. The predicted octanol–water partition coefficient (Wildman–Crippen LogP) is 4.02. The summed E-state index contributed by atoms with van der Waals surface area (Å²) >= 11 is 0. The molecule has 1 N–H and O–H groups in total. The lowest BCUT2D eigenvalue weighted by atomic mass is 9.99. The Morgan fingerprint density at radius 2 is 1.50 bits per heavy atom. The van der Waals surface area contributed by atoms with Crippen LogP contribution in [0.2, 0.25) is 0 Å². The molecule has 0 fully saturated rings. The van der Waals surface area contributed by atoms with Gasteiger partial charge in [-0.05, 0) is 48.2 Å². The Kier molecular flexibility index (Phi) is 3.72. The van der Waals surface area contributed by atoms with Crippen LogP contribution in [0.4, 0.5) is 18.9 Å². The van der Waals surface area contributed by atoms with Crippen LogP contribution in [0.1, 0.15) is 16.7 Å². The minimum absolute atomic E-state index is 0.535. The molecule has 3 rings (SSSR count). The lowest BCUT2D eigenvalue weighted by Gasteiger charge is -2.22. The van der Waals surface area contributed by atoms with Gasteiger partial charge in [-0.3, -0.25) is 0 Å². The van der Waals surface area contributed by atoms with Gasteiger partial charge in [-0.1, -0.05) is 18.2 Å². The number of halogens is 3. The topological polar surface area (TPSA) is 23.5 Å². The number of aromatic hydroxyl groups is 1. The van der Waals surface area contributed by atoms with Gasteiger partial charge >= 0.3 is 6.18 Å². The van der Waals surface area contributed by atoms with E-state index in [2.05, 4.69) is 4.90 Å². The summed E-state index contributed by atoms with van der Waals surface area (Å²) < 4.78 is 38.7. The Bertz CT molecular complexity index is 668. The summed E-state index contributed by atoms with van der Waals surface area (Å²) in [5, 5.41) is 9.64. The number of hydrogen-bond acceptors (Lipinski definition) is 2. The Balaban J connectivity index is 1.88. The molecule has 0 atom stereocenters. The largest absolute Gasteiger partial charge is 0.507 e. The highest BCUT2D eigenvalue weighted by Crippen LogP contribution is 2.38. The maximum atomic E-state index is 12.9. The maximum Gasteiger partial charge on any atom is 0.419 e. The Labute approximate surface area is 126 Å². The second kappa shape index (κ2) is 5.55. The van der Waals surface area contributed by atoms with E-state index in [-0.39, 0.29) is 0 Å². The molecule has 0 unspecified atom stereocenters. The first-order valence-electron chi connectivity index (χ1n) is 7.17. The molecule has 2 aromatic rings. The van der Waals surface area contributed by atoms with Gasteiger partial charge in [-0.15, -0.1) is 0 Å². The zero-order valence-corrected chi connectivity index (χ0v) is 11.9. The van der Waals surface area contributed by atoms with Crippen LogP contribution in [0.3, 0.4) is 0 Å². The van der Waals surface area contributed by atoms with Crippen molar-refractivity contribution in [2.75, 3.05) is 18.0 Å². The van der Waals surface area contributed by atoms with E-state index in [1.54, 1.807) is 0 Å². The quantitative estimate of drug-likeness (QED) is 0.860. The SMILES string of the molecule is Oc1cc2c(cc1C(F)(F)F)CCN(c1ccccc1)CC2. The van der Waals surface area contributed by atoms with Crippen LogP contribution >= 0.6 is 0 Å². The van der Waals surface area contributed by atoms with Crippen LogP contribution in [0.15, 0.2) is 42.5 Å². The van der Waals surface area contributed by atoms with Gasteiger partial charge in [0.25, 0.3) is 0 Å². The van der Waals surface area contributed by atoms with Crippen molar-refractivity contribution >= 4 is 5.69 Å². The van der Waals surface area contributed by atoms with E-state index in [9.17, 15) is 18.3 Å². The number of hydrogen-bond donors (Lipinski definition) is 1. The zero-order valence-electron chi connectivity index (χ0n) is 11.9. The van der Waals surface area contributed by atoms with Gasteiger partial charge in [0, 0.05) is 18.8 Å². The first-order chi connectivity index (χ1) is 10.4. The molecule has 5 heteroatoms. The molecule has 1 heterocycles. The third-order valence-electron chi connectivity index (χ3n) is 4.05. The van der Waals surface area contributed by atoms with E-state index in [0.717, 1.165) is 23.9 Å². The average Bonchev–Trinajstić information content (AvgIpc) is 2.68. The van der Waals surface area contributed by atoms with Gasteiger partial charge in [0.2, 0.25) is 0 Å². The molecule has 0 aliphatic carbocycles. The molecular formula is C17H16F3NO. The van der Waals surface area contributed by atoms with Crippen LogP contribution in [0, 0.1) is 0 Å². The molecule has 116 valence electrons. The van der Waals surface area contributed by atoms with E-state index in [1.807, 2.05) is 30.3 Å². The van der Waals surface area contributed by atoms with E-state index in [4.69, 9.17) is 0 Å². The molecule has 2 aromatic carbocycles. The smallest absolute Gasteiger partial charge is 0.419 e. The number of alkyl halides is 3. The van der Waals surface area contributed by atoms with Crippen LogP contribution in [-0.2, 0) is 19.0 Å². The van der Waals surface area contributed by atoms with E-state index < -0.39 is 17.5 Å². The predicted molar refractivity (Wildman–Crippen MR) is 79.2 cm³/mol. The number of phenols is 1. The van der Waals surface area contributed by atoms with Gasteiger partial charge in [0.15, 0.2) is 0 Å². The third-order valence-corrected chi connectivity index (χ3v) is 4.05. The van der Waals surface area contributed by atoms with Crippen LogP contribution in [0.5, 0.6) is 5.75 Å². The average molecular weight is 307 g/mol. The highest BCUT2D eigenvalue weighted by atomic mass is 19.4. The summed E-state index contributed by atoms with van der Waals surface area (Å²) in [6.07, 6.45) is -3.37. The highest BCUT2D eigenvalue weighted by molar-refractivity contribution is 5.49. The summed E-state index contributed by atoms with van der Waals surface area (Å²) in [6.45, 7) is 1.39. The van der Waals surface area contributed by atoms with Crippen molar-refractivity contribution < 1.29 is 18.3 Å². The van der Waals surface area contributed by atoms with Crippen molar-refractivity contribution in [1.82, 2.24) is 0 Å². The molecule has 22 heavy (non-hydrogen) atoms. The monoisotopic (exact) mass is 307 g/mol. The number of fused-ring (bicyclic) bond motifs is 1. The van der Waals surface area contributed by atoms with Crippen molar-refractivity contribution in [3.05, 3.63) is 59.2 Å². The molecule has 2 nitrogen and oxygen atoms in total. The summed E-state index contributed by atoms with van der Waals surface area (Å²) in [4.78, 5) is 2.16. The zero-order chi connectivity index (χ0) is 15.7. The number of rotatable bonds is 1. The standard InChI is InChI=1S/C17H16F3NO/c18-17(19,20)15-10-12-6-8-21(14-4-2-1-3-5-14)9-7-13(12)11-16(15)22/h1-5,10-11,22H,6-9H2. The normalized spacial score (nSPS) is 15.3. The molecule has 1 aliphatic rings. The maximum absolute atomic E-state index is 12.9. The summed E-state index contributed by atoms with van der Waals surface area (Å²) in [5.41, 5.74) is 1.59. The number of phenolic OH excluding ortho intramolecular Hbond substituents is 1. The number of anilines is 1. The van der Waals surface area contributed by atoms with E-state index in [1.165, 1.54) is 6.07 Å². The second-order valence-corrected chi connectivity index (χ2v) is 5.46. The molecule has 0 saturated carbocycles. The lowest BCUT2D eigenvalue weighted by molar-refractivity contribution is -0.138. The number of para-hydroxylation sites is 1. The molecule has 0 amide bonds. The van der Waals surface area contributed by atoms with Crippen LogP contribution in [0.25, 0.3) is 0 Å². The molecule has 0 spiro atoms. The summed E-state index contributed by atoms with van der Waals surface area (Å²) in [5.74, 6) is -0.681. The van der Waals surface area contributed by atoms with E-state index in [0.29, 0.717) is 24.9 Å². The van der Waals surface area contributed by atoms with Gasteiger partial charge in [0.1, 0.15) is 5.75 Å². The van der Waals surface area contributed by atoms with Gasteiger partial charge < -0.3 is 10.0 Å². The lowest BCUT2D eigenvalue weighted by Crippen LogP contribution is -2.25. The Morgan fingerprint density at radius 1 is 0.909 bits per heavy atom. The van der Waals surface area contributed by atoms with Crippen molar-refractivity contribution in [1.29, 1.82) is 0 Å². The summed E-state index contributed by atoms with van der Waals surface area (Å²) in [6, 6.07) is 12.2. The summed E-state index contributed by atoms with van der Waals surface area (Å²) in [7, 11) is 0. The molecule has 1 aliphatic heterocycles. The molecule has 0 saturated heterocycles. The van der Waals surface area contributed by atoms with Crippen molar-refractivity contribution in [2.24, 2.45) is 0 Å². The first-order valence-corrected chi connectivity index (χ1v) is 7.17. The number of benzene rings is 2.